The molecule has 1 saturated carbocycles. The number of nitrogens with zero attached hydrogens (tertiary/aromatic N) is 1. The van der Waals surface area contributed by atoms with Crippen LogP contribution in [0.4, 0.5) is 0 Å². The summed E-state index contributed by atoms with van der Waals surface area (Å²) in [6.07, 6.45) is 1.37. The molecule has 0 atom stereocenters. The van der Waals surface area contributed by atoms with Crippen LogP contribution in [0.1, 0.15) is 40.0 Å². The van der Waals surface area contributed by atoms with Gasteiger partial charge in [-0.1, -0.05) is 15.9 Å². The van der Waals surface area contributed by atoms with E-state index in [0.717, 1.165) is 4.90 Å². The van der Waals surface area contributed by atoms with Gasteiger partial charge in [0.25, 0.3) is 11.8 Å². The van der Waals surface area contributed by atoms with Crippen molar-refractivity contribution in [2.45, 2.75) is 24.8 Å². The number of carboxylic acid groups (broad SMARTS) is 1. The summed E-state index contributed by atoms with van der Waals surface area (Å²) in [5.74, 6) is -2.12. The highest BCUT2D eigenvalue weighted by Crippen LogP contribution is 2.42. The van der Waals surface area contributed by atoms with Crippen LogP contribution in [-0.4, -0.2) is 33.3 Å². The standard InChI is InChI=1S/C13H10BrNO4/c14-7-2-3-8-9(6-7)11(17)15(10(8)16)13(12(18)19)4-1-5-13/h2-3,6H,1,4-5H2,(H,18,19). The number of carbonyl (C=O) groups is 3. The fourth-order valence-electron chi connectivity index (χ4n) is 2.65. The van der Waals surface area contributed by atoms with Crippen LogP contribution in [0.2, 0.25) is 0 Å². The predicted octanol–water partition coefficient (Wildman–Crippen LogP) is 2.05. The lowest BCUT2D eigenvalue weighted by molar-refractivity contribution is -0.153. The number of fused-ring (bicyclic) bond motifs is 1. The van der Waals surface area contributed by atoms with E-state index < -0.39 is 23.3 Å². The smallest absolute Gasteiger partial charge is 0.330 e. The number of amides is 2. The second-order valence-electron chi connectivity index (χ2n) is 4.83. The number of hydrogen-bond donors (Lipinski definition) is 1. The molecule has 1 N–H and O–H groups in total. The molecule has 0 spiro atoms. The minimum atomic E-state index is -1.35. The first-order valence-corrected chi connectivity index (χ1v) is 6.68. The predicted molar refractivity (Wildman–Crippen MR) is 68.9 cm³/mol. The summed E-state index contributed by atoms with van der Waals surface area (Å²) >= 11 is 3.24. The van der Waals surface area contributed by atoms with Crippen LogP contribution in [0.5, 0.6) is 0 Å². The van der Waals surface area contributed by atoms with Gasteiger partial charge in [0, 0.05) is 4.47 Å². The number of hydrogen-bond acceptors (Lipinski definition) is 3. The normalized spacial score (nSPS) is 20.2. The number of rotatable bonds is 2. The monoisotopic (exact) mass is 323 g/mol. The summed E-state index contributed by atoms with van der Waals surface area (Å²) in [6, 6.07) is 4.78. The number of carboxylic acids is 1. The minimum absolute atomic E-state index is 0.270. The minimum Gasteiger partial charge on any atom is -0.479 e. The molecule has 19 heavy (non-hydrogen) atoms. The number of carbonyl (C=O) groups excluding carboxylic acids is 2. The summed E-state index contributed by atoms with van der Waals surface area (Å²) < 4.78 is 0.687. The Balaban J connectivity index is 2.10. The van der Waals surface area contributed by atoms with Gasteiger partial charge in [-0.05, 0) is 37.5 Å². The van der Waals surface area contributed by atoms with Crippen LogP contribution in [0.3, 0.4) is 0 Å². The van der Waals surface area contributed by atoms with Gasteiger partial charge in [0.2, 0.25) is 0 Å². The van der Waals surface area contributed by atoms with Crippen molar-refractivity contribution in [3.05, 3.63) is 33.8 Å². The fraction of sp³-hybridized carbons (Fsp3) is 0.308. The van der Waals surface area contributed by atoms with Gasteiger partial charge < -0.3 is 5.11 Å². The van der Waals surface area contributed by atoms with Gasteiger partial charge in [0.05, 0.1) is 11.1 Å². The average Bonchev–Trinajstić information content (AvgIpc) is 2.52. The Morgan fingerprint density at radius 3 is 2.37 bits per heavy atom. The molecule has 0 unspecified atom stereocenters. The van der Waals surface area contributed by atoms with Crippen molar-refractivity contribution in [2.75, 3.05) is 0 Å². The SMILES string of the molecule is O=C1c2ccc(Br)cc2C(=O)N1C1(C(=O)O)CCC1. The van der Waals surface area contributed by atoms with E-state index in [9.17, 15) is 19.5 Å². The van der Waals surface area contributed by atoms with Crippen molar-refractivity contribution in [3.8, 4) is 0 Å². The molecule has 2 aliphatic rings. The van der Waals surface area contributed by atoms with Crippen LogP contribution in [0.15, 0.2) is 22.7 Å². The molecular formula is C13H10BrNO4. The number of aliphatic carboxylic acids is 1. The summed E-state index contributed by atoms with van der Waals surface area (Å²) in [6.45, 7) is 0. The van der Waals surface area contributed by atoms with Gasteiger partial charge in [-0.25, -0.2) is 4.79 Å². The summed E-state index contributed by atoms with van der Waals surface area (Å²) in [7, 11) is 0. The van der Waals surface area contributed by atoms with E-state index in [4.69, 9.17) is 0 Å². The molecule has 5 nitrogen and oxygen atoms in total. The topological polar surface area (TPSA) is 74.7 Å². The first kappa shape index (κ1) is 12.3. The zero-order valence-corrected chi connectivity index (χ0v) is 11.4. The Morgan fingerprint density at radius 2 is 1.84 bits per heavy atom. The first-order chi connectivity index (χ1) is 8.97. The van der Waals surface area contributed by atoms with Crippen molar-refractivity contribution in [1.29, 1.82) is 0 Å². The molecule has 1 heterocycles. The molecule has 1 aliphatic carbocycles. The van der Waals surface area contributed by atoms with Gasteiger partial charge in [0.1, 0.15) is 5.54 Å². The Bertz CT molecular complexity index is 621. The maximum absolute atomic E-state index is 12.3. The second kappa shape index (κ2) is 3.90. The lowest BCUT2D eigenvalue weighted by atomic mass is 9.75. The molecule has 1 aliphatic heterocycles. The molecule has 2 amide bonds. The molecular weight excluding hydrogens is 314 g/mol. The third kappa shape index (κ3) is 1.49. The molecule has 1 aromatic rings. The third-order valence-corrected chi connectivity index (χ3v) is 4.35. The van der Waals surface area contributed by atoms with Gasteiger partial charge in [0.15, 0.2) is 0 Å². The van der Waals surface area contributed by atoms with Crippen molar-refractivity contribution >= 4 is 33.7 Å². The lowest BCUT2D eigenvalue weighted by Gasteiger charge is -2.43. The molecule has 0 saturated heterocycles. The van der Waals surface area contributed by atoms with E-state index in [1.807, 2.05) is 0 Å². The molecule has 0 radical (unpaired) electrons. The molecule has 0 bridgehead atoms. The molecule has 98 valence electrons. The number of imide groups is 1. The van der Waals surface area contributed by atoms with E-state index >= 15 is 0 Å². The molecule has 0 aromatic heterocycles. The maximum atomic E-state index is 12.3. The average molecular weight is 324 g/mol. The molecule has 1 fully saturated rings. The number of benzene rings is 1. The second-order valence-corrected chi connectivity index (χ2v) is 5.74. The Hall–Kier alpha value is -1.69. The van der Waals surface area contributed by atoms with E-state index in [1.165, 1.54) is 0 Å². The highest BCUT2D eigenvalue weighted by atomic mass is 79.9. The van der Waals surface area contributed by atoms with Crippen LogP contribution in [0, 0.1) is 0 Å². The summed E-state index contributed by atoms with van der Waals surface area (Å²) in [5.41, 5.74) is -0.799. The van der Waals surface area contributed by atoms with Crippen molar-refractivity contribution in [2.24, 2.45) is 0 Å². The maximum Gasteiger partial charge on any atom is 0.330 e. The summed E-state index contributed by atoms with van der Waals surface area (Å²) in [5, 5.41) is 9.36. The highest BCUT2D eigenvalue weighted by molar-refractivity contribution is 9.10. The summed E-state index contributed by atoms with van der Waals surface area (Å²) in [4.78, 5) is 37.0. The first-order valence-electron chi connectivity index (χ1n) is 5.89. The van der Waals surface area contributed by atoms with Gasteiger partial charge in [-0.15, -0.1) is 0 Å². The van der Waals surface area contributed by atoms with E-state index in [-0.39, 0.29) is 11.1 Å². The van der Waals surface area contributed by atoms with E-state index in [2.05, 4.69) is 15.9 Å². The van der Waals surface area contributed by atoms with Gasteiger partial charge in [-0.3, -0.25) is 14.5 Å². The molecule has 3 rings (SSSR count). The van der Waals surface area contributed by atoms with Crippen LogP contribution in [0.25, 0.3) is 0 Å². The van der Waals surface area contributed by atoms with Crippen molar-refractivity contribution in [1.82, 2.24) is 4.90 Å². The van der Waals surface area contributed by atoms with Crippen molar-refractivity contribution < 1.29 is 19.5 Å². The number of halogens is 1. The Kier molecular flexibility index (Phi) is 2.53. The van der Waals surface area contributed by atoms with Gasteiger partial charge >= 0.3 is 5.97 Å². The largest absolute Gasteiger partial charge is 0.479 e. The fourth-order valence-corrected chi connectivity index (χ4v) is 3.01. The highest BCUT2D eigenvalue weighted by Gasteiger charge is 2.57. The lowest BCUT2D eigenvalue weighted by Crippen LogP contribution is -2.61. The quantitative estimate of drug-likeness (QED) is 0.845. The Morgan fingerprint density at radius 1 is 1.21 bits per heavy atom. The molecule has 1 aromatic carbocycles. The van der Waals surface area contributed by atoms with Crippen LogP contribution < -0.4 is 0 Å². The van der Waals surface area contributed by atoms with E-state index in [0.29, 0.717) is 23.7 Å². The molecule has 6 heteroatoms. The zero-order chi connectivity index (χ0) is 13.8. The van der Waals surface area contributed by atoms with Crippen LogP contribution in [-0.2, 0) is 4.79 Å². The van der Waals surface area contributed by atoms with E-state index in [1.54, 1.807) is 18.2 Å². The van der Waals surface area contributed by atoms with Gasteiger partial charge in [-0.2, -0.15) is 0 Å². The van der Waals surface area contributed by atoms with Crippen molar-refractivity contribution in [3.63, 3.8) is 0 Å². The zero-order valence-electron chi connectivity index (χ0n) is 9.85. The third-order valence-electron chi connectivity index (χ3n) is 3.86. The Labute approximate surface area is 117 Å². The van der Waals surface area contributed by atoms with Crippen LogP contribution >= 0.6 is 15.9 Å².